The molecule has 100 valence electrons. The van der Waals surface area contributed by atoms with Crippen LogP contribution >= 0.6 is 0 Å². The molecule has 4 N–H and O–H groups in total. The molecule has 0 bridgehead atoms. The van der Waals surface area contributed by atoms with Gasteiger partial charge in [0.05, 0.1) is 13.2 Å². The number of ether oxygens (including phenoxy) is 1. The minimum absolute atomic E-state index is 0.0787. The molecule has 5 heteroatoms. The zero-order valence-electron chi connectivity index (χ0n) is 10.1. The van der Waals surface area contributed by atoms with E-state index in [1.54, 1.807) is 24.3 Å². The van der Waals surface area contributed by atoms with Crippen LogP contribution in [0.4, 0.5) is 0 Å². The van der Waals surface area contributed by atoms with Gasteiger partial charge in [0.25, 0.3) is 0 Å². The highest BCUT2D eigenvalue weighted by Gasteiger charge is 2.08. The van der Waals surface area contributed by atoms with Gasteiger partial charge in [-0.05, 0) is 12.1 Å². The van der Waals surface area contributed by atoms with Crippen molar-refractivity contribution in [3.8, 4) is 23.0 Å². The normalized spacial score (nSPS) is 10.5. The maximum absolute atomic E-state index is 9.57. The van der Waals surface area contributed by atoms with Crippen LogP contribution in [0.1, 0.15) is 11.1 Å². The van der Waals surface area contributed by atoms with Crippen molar-refractivity contribution in [3.63, 3.8) is 0 Å². The maximum atomic E-state index is 9.57. The van der Waals surface area contributed by atoms with Gasteiger partial charge in [-0.15, -0.1) is 0 Å². The lowest BCUT2D eigenvalue weighted by Crippen LogP contribution is -1.95. The van der Waals surface area contributed by atoms with Crippen molar-refractivity contribution >= 4 is 0 Å². The Morgan fingerprint density at radius 1 is 0.684 bits per heavy atom. The average molecular weight is 262 g/mol. The quantitative estimate of drug-likeness (QED) is 0.634. The van der Waals surface area contributed by atoms with Crippen LogP contribution in [-0.2, 0) is 18.0 Å². The lowest BCUT2D eigenvalue weighted by atomic mass is 10.2. The number of phenolic OH excluding ortho intramolecular Hbond substituents is 4. The number of benzene rings is 2. The highest BCUT2D eigenvalue weighted by molar-refractivity contribution is 5.45. The number of hydrogen-bond donors (Lipinski definition) is 4. The van der Waals surface area contributed by atoms with Crippen LogP contribution in [0.3, 0.4) is 0 Å². The average Bonchev–Trinajstić information content (AvgIpc) is 2.39. The van der Waals surface area contributed by atoms with Crippen LogP contribution in [0.2, 0.25) is 0 Å². The van der Waals surface area contributed by atoms with Crippen molar-refractivity contribution in [1.29, 1.82) is 0 Å². The summed E-state index contributed by atoms with van der Waals surface area (Å²) in [5, 5.41) is 37.8. The fourth-order valence-electron chi connectivity index (χ4n) is 1.66. The Hall–Kier alpha value is -2.40. The van der Waals surface area contributed by atoms with E-state index in [0.29, 0.717) is 11.1 Å². The molecule has 0 saturated heterocycles. The van der Waals surface area contributed by atoms with E-state index < -0.39 is 0 Å². The highest BCUT2D eigenvalue weighted by atomic mass is 16.5. The van der Waals surface area contributed by atoms with E-state index in [1.807, 2.05) is 0 Å². The van der Waals surface area contributed by atoms with Gasteiger partial charge in [-0.2, -0.15) is 0 Å². The monoisotopic (exact) mass is 262 g/mol. The lowest BCUT2D eigenvalue weighted by molar-refractivity contribution is 0.103. The highest BCUT2D eigenvalue weighted by Crippen LogP contribution is 2.31. The number of rotatable bonds is 4. The van der Waals surface area contributed by atoms with Crippen molar-refractivity contribution in [2.24, 2.45) is 0 Å². The van der Waals surface area contributed by atoms with Crippen LogP contribution in [0.5, 0.6) is 23.0 Å². The molecule has 0 aliphatic heterocycles. The fourth-order valence-corrected chi connectivity index (χ4v) is 1.66. The number of phenols is 4. The van der Waals surface area contributed by atoms with Gasteiger partial charge in [-0.3, -0.25) is 0 Å². The molecular weight excluding hydrogens is 248 g/mol. The standard InChI is InChI=1S/C14H14O5/c15-11-5-1-3-9(13(11)17)7-19-8-10-4-2-6-12(16)14(10)18/h1-6,15-18H,7-8H2. The summed E-state index contributed by atoms with van der Waals surface area (Å²) in [7, 11) is 0. The van der Waals surface area contributed by atoms with Crippen LogP contribution in [0, 0.1) is 0 Å². The molecule has 0 aliphatic rings. The smallest absolute Gasteiger partial charge is 0.163 e. The van der Waals surface area contributed by atoms with Crippen molar-refractivity contribution in [2.75, 3.05) is 0 Å². The molecule has 0 unspecified atom stereocenters. The summed E-state index contributed by atoms with van der Waals surface area (Å²) in [6, 6.07) is 9.19. The van der Waals surface area contributed by atoms with Crippen LogP contribution in [0.25, 0.3) is 0 Å². The summed E-state index contributed by atoms with van der Waals surface area (Å²) >= 11 is 0. The van der Waals surface area contributed by atoms with E-state index in [1.165, 1.54) is 12.1 Å². The molecule has 0 atom stereocenters. The molecule has 2 aromatic rings. The Morgan fingerprint density at radius 3 is 1.53 bits per heavy atom. The van der Waals surface area contributed by atoms with E-state index in [2.05, 4.69) is 0 Å². The van der Waals surface area contributed by atoms with Gasteiger partial charge in [0.1, 0.15) is 0 Å². The van der Waals surface area contributed by atoms with Crippen molar-refractivity contribution < 1.29 is 25.2 Å². The molecule has 0 radical (unpaired) electrons. The zero-order valence-corrected chi connectivity index (χ0v) is 10.1. The Balaban J connectivity index is 2.00. The van der Waals surface area contributed by atoms with Gasteiger partial charge in [0.2, 0.25) is 0 Å². The fraction of sp³-hybridized carbons (Fsp3) is 0.143. The van der Waals surface area contributed by atoms with Gasteiger partial charge in [0, 0.05) is 11.1 Å². The number of para-hydroxylation sites is 2. The van der Waals surface area contributed by atoms with E-state index in [4.69, 9.17) is 4.74 Å². The molecule has 0 aromatic heterocycles. The Bertz CT molecular complexity index is 529. The predicted octanol–water partition coefficient (Wildman–Crippen LogP) is 2.23. The first-order valence-corrected chi connectivity index (χ1v) is 5.67. The maximum Gasteiger partial charge on any atom is 0.163 e. The minimum atomic E-state index is -0.220. The van der Waals surface area contributed by atoms with Crippen molar-refractivity contribution in [3.05, 3.63) is 47.5 Å². The van der Waals surface area contributed by atoms with Crippen LogP contribution < -0.4 is 0 Å². The van der Waals surface area contributed by atoms with Gasteiger partial charge in [-0.1, -0.05) is 24.3 Å². The third kappa shape index (κ3) is 2.89. The number of hydrogen-bond acceptors (Lipinski definition) is 5. The SMILES string of the molecule is Oc1cccc(COCc2cccc(O)c2O)c1O. The Kier molecular flexibility index (Phi) is 3.77. The van der Waals surface area contributed by atoms with E-state index in [-0.39, 0.29) is 36.2 Å². The topological polar surface area (TPSA) is 90.2 Å². The summed E-state index contributed by atoms with van der Waals surface area (Å²) in [4.78, 5) is 0. The molecule has 0 heterocycles. The molecule has 0 saturated carbocycles. The van der Waals surface area contributed by atoms with Gasteiger partial charge in [0.15, 0.2) is 23.0 Å². The van der Waals surface area contributed by atoms with Gasteiger partial charge < -0.3 is 25.2 Å². The molecule has 0 aliphatic carbocycles. The molecule has 5 nitrogen and oxygen atoms in total. The van der Waals surface area contributed by atoms with E-state index in [9.17, 15) is 20.4 Å². The molecular formula is C14H14O5. The Labute approximate surface area is 110 Å². The second-order valence-electron chi connectivity index (χ2n) is 4.06. The molecule has 19 heavy (non-hydrogen) atoms. The predicted molar refractivity (Wildman–Crippen MR) is 68.0 cm³/mol. The van der Waals surface area contributed by atoms with Gasteiger partial charge in [-0.25, -0.2) is 0 Å². The molecule has 0 spiro atoms. The molecule has 2 aromatic carbocycles. The summed E-state index contributed by atoms with van der Waals surface area (Å²) in [6.07, 6.45) is 0. The first kappa shape index (κ1) is 13.0. The first-order chi connectivity index (χ1) is 9.09. The van der Waals surface area contributed by atoms with E-state index in [0.717, 1.165) is 0 Å². The van der Waals surface area contributed by atoms with Crippen molar-refractivity contribution in [1.82, 2.24) is 0 Å². The molecule has 0 amide bonds. The van der Waals surface area contributed by atoms with E-state index >= 15 is 0 Å². The summed E-state index contributed by atoms with van der Waals surface area (Å²) < 4.78 is 5.34. The van der Waals surface area contributed by atoms with Crippen LogP contribution in [0.15, 0.2) is 36.4 Å². The Morgan fingerprint density at radius 2 is 1.11 bits per heavy atom. The molecule has 2 rings (SSSR count). The minimum Gasteiger partial charge on any atom is -0.504 e. The lowest BCUT2D eigenvalue weighted by Gasteiger charge is -2.09. The zero-order chi connectivity index (χ0) is 13.8. The third-order valence-corrected chi connectivity index (χ3v) is 2.71. The second-order valence-corrected chi connectivity index (χ2v) is 4.06. The third-order valence-electron chi connectivity index (χ3n) is 2.71. The first-order valence-electron chi connectivity index (χ1n) is 5.67. The van der Waals surface area contributed by atoms with Crippen LogP contribution in [-0.4, -0.2) is 20.4 Å². The van der Waals surface area contributed by atoms with Crippen molar-refractivity contribution in [2.45, 2.75) is 13.2 Å². The summed E-state index contributed by atoms with van der Waals surface area (Å²) in [5.41, 5.74) is 0.888. The second kappa shape index (κ2) is 5.49. The molecule has 0 fully saturated rings. The summed E-state index contributed by atoms with van der Waals surface area (Å²) in [6.45, 7) is 0.157. The summed E-state index contributed by atoms with van der Waals surface area (Å²) in [5.74, 6) is -0.854. The number of aromatic hydroxyl groups is 4. The largest absolute Gasteiger partial charge is 0.504 e. The van der Waals surface area contributed by atoms with Gasteiger partial charge >= 0.3 is 0 Å².